The van der Waals surface area contributed by atoms with E-state index in [1.807, 2.05) is 4.90 Å². The van der Waals surface area contributed by atoms with Crippen molar-refractivity contribution in [3.63, 3.8) is 0 Å². The molecular weight excluding hydrogens is 316 g/mol. The summed E-state index contributed by atoms with van der Waals surface area (Å²) in [5.74, 6) is 0.691. The van der Waals surface area contributed by atoms with Crippen LogP contribution in [0, 0.1) is 11.8 Å². The Hall–Kier alpha value is -0.920. The largest absolute Gasteiger partial charge is 0.377 e. The van der Waals surface area contributed by atoms with Crippen LogP contribution in [0.1, 0.15) is 25.7 Å². The highest BCUT2D eigenvalue weighted by atomic mass is 32.2. The molecule has 0 atom stereocenters. The third-order valence-electron chi connectivity index (χ3n) is 4.79. The molecule has 2 aliphatic rings. The Balaban J connectivity index is 1.74. The summed E-state index contributed by atoms with van der Waals surface area (Å²) in [6.07, 6.45) is 6.20. The molecule has 0 aromatic rings. The lowest BCUT2D eigenvalue weighted by molar-refractivity contribution is -0.138. The van der Waals surface area contributed by atoms with Crippen LogP contribution in [0.5, 0.6) is 0 Å². The lowest BCUT2D eigenvalue weighted by atomic mass is 9.93. The zero-order valence-corrected chi connectivity index (χ0v) is 14.8. The summed E-state index contributed by atoms with van der Waals surface area (Å²) >= 11 is 0. The van der Waals surface area contributed by atoms with Crippen LogP contribution in [0.3, 0.4) is 0 Å². The monoisotopic (exact) mass is 344 g/mol. The van der Waals surface area contributed by atoms with Crippen molar-refractivity contribution in [3.8, 4) is 0 Å². The summed E-state index contributed by atoms with van der Waals surface area (Å²) in [4.78, 5) is 14.5. The average molecular weight is 344 g/mol. The predicted molar refractivity (Wildman–Crippen MR) is 89.5 cm³/mol. The van der Waals surface area contributed by atoms with Gasteiger partial charge < -0.3 is 9.64 Å². The molecule has 0 aromatic carbocycles. The van der Waals surface area contributed by atoms with E-state index in [1.54, 1.807) is 6.08 Å². The van der Waals surface area contributed by atoms with Gasteiger partial charge in [-0.05, 0) is 31.6 Å². The van der Waals surface area contributed by atoms with E-state index in [4.69, 9.17) is 4.74 Å². The Kier molecular flexibility index (Phi) is 6.61. The maximum atomic E-state index is 12.6. The topological polar surface area (TPSA) is 66.9 Å². The maximum absolute atomic E-state index is 12.6. The van der Waals surface area contributed by atoms with Gasteiger partial charge in [0.2, 0.25) is 15.9 Å². The van der Waals surface area contributed by atoms with Crippen molar-refractivity contribution in [1.82, 2.24) is 9.21 Å². The van der Waals surface area contributed by atoms with Gasteiger partial charge in [0.15, 0.2) is 0 Å². The molecule has 0 N–H and O–H groups in total. The molecule has 23 heavy (non-hydrogen) atoms. The fourth-order valence-corrected chi connectivity index (χ4v) is 4.20. The SMILES string of the molecule is C=CCOCC1CCN(C(=O)C2CCN(S(C)(=O)=O)CC2)CC1. The molecular formula is C16H28N2O4S. The highest BCUT2D eigenvalue weighted by molar-refractivity contribution is 7.88. The molecule has 0 bridgehead atoms. The van der Waals surface area contributed by atoms with Gasteiger partial charge in [-0.3, -0.25) is 4.79 Å². The highest BCUT2D eigenvalue weighted by Crippen LogP contribution is 2.24. The summed E-state index contributed by atoms with van der Waals surface area (Å²) in [6, 6.07) is 0. The second-order valence-corrected chi connectivity index (χ2v) is 8.51. The molecule has 0 unspecified atom stereocenters. The normalized spacial score (nSPS) is 22.2. The van der Waals surface area contributed by atoms with Gasteiger partial charge in [0, 0.05) is 38.7 Å². The number of piperidine rings is 2. The van der Waals surface area contributed by atoms with E-state index in [1.165, 1.54) is 10.6 Å². The van der Waals surface area contributed by atoms with Crippen LogP contribution in [-0.2, 0) is 19.6 Å². The van der Waals surface area contributed by atoms with Gasteiger partial charge in [0.1, 0.15) is 0 Å². The van der Waals surface area contributed by atoms with E-state index in [0.717, 1.165) is 32.5 Å². The van der Waals surface area contributed by atoms with Crippen molar-refractivity contribution in [2.24, 2.45) is 11.8 Å². The van der Waals surface area contributed by atoms with E-state index < -0.39 is 10.0 Å². The summed E-state index contributed by atoms with van der Waals surface area (Å²) in [5.41, 5.74) is 0. The molecule has 1 amide bonds. The number of nitrogens with zero attached hydrogens (tertiary/aromatic N) is 2. The second-order valence-electron chi connectivity index (χ2n) is 6.53. The van der Waals surface area contributed by atoms with Crippen LogP contribution >= 0.6 is 0 Å². The Morgan fingerprint density at radius 2 is 1.78 bits per heavy atom. The molecule has 0 aromatic heterocycles. The number of hydrogen-bond donors (Lipinski definition) is 0. The molecule has 2 saturated heterocycles. The Morgan fingerprint density at radius 1 is 1.17 bits per heavy atom. The third kappa shape index (κ3) is 5.29. The highest BCUT2D eigenvalue weighted by Gasteiger charge is 2.32. The van der Waals surface area contributed by atoms with Crippen LogP contribution in [0.15, 0.2) is 12.7 Å². The van der Waals surface area contributed by atoms with Gasteiger partial charge in [-0.15, -0.1) is 6.58 Å². The zero-order valence-electron chi connectivity index (χ0n) is 13.9. The van der Waals surface area contributed by atoms with Gasteiger partial charge >= 0.3 is 0 Å². The number of hydrogen-bond acceptors (Lipinski definition) is 4. The first-order valence-electron chi connectivity index (χ1n) is 8.34. The molecule has 2 heterocycles. The quantitative estimate of drug-likeness (QED) is 0.534. The van der Waals surface area contributed by atoms with Crippen molar-refractivity contribution in [2.45, 2.75) is 25.7 Å². The van der Waals surface area contributed by atoms with Gasteiger partial charge in [-0.1, -0.05) is 6.08 Å². The number of amides is 1. The third-order valence-corrected chi connectivity index (χ3v) is 6.09. The number of carbonyl (C=O) groups is 1. The fraction of sp³-hybridized carbons (Fsp3) is 0.812. The first-order valence-corrected chi connectivity index (χ1v) is 10.2. The first kappa shape index (κ1) is 18.4. The standard InChI is InChI=1S/C16H28N2O4S/c1-3-12-22-13-14-4-8-17(9-5-14)16(19)15-6-10-18(11-7-15)23(2,20)21/h3,14-15H,1,4-13H2,2H3. The van der Waals surface area contributed by atoms with Crippen molar-refractivity contribution >= 4 is 15.9 Å². The van der Waals surface area contributed by atoms with E-state index in [-0.39, 0.29) is 11.8 Å². The lowest BCUT2D eigenvalue weighted by Crippen LogP contribution is -2.46. The van der Waals surface area contributed by atoms with Crippen LogP contribution in [0.25, 0.3) is 0 Å². The molecule has 2 fully saturated rings. The smallest absolute Gasteiger partial charge is 0.225 e. The van der Waals surface area contributed by atoms with Gasteiger partial charge in [-0.2, -0.15) is 0 Å². The first-order chi connectivity index (χ1) is 10.9. The van der Waals surface area contributed by atoms with Crippen LogP contribution < -0.4 is 0 Å². The molecule has 2 rings (SSSR count). The minimum absolute atomic E-state index is 0.0263. The van der Waals surface area contributed by atoms with Crippen molar-refractivity contribution in [1.29, 1.82) is 0 Å². The molecule has 6 nitrogen and oxygen atoms in total. The van der Waals surface area contributed by atoms with Crippen LogP contribution in [0.2, 0.25) is 0 Å². The number of carbonyl (C=O) groups excluding carboxylic acids is 1. The number of likely N-dealkylation sites (tertiary alicyclic amines) is 1. The molecule has 7 heteroatoms. The minimum atomic E-state index is -3.13. The van der Waals surface area contributed by atoms with Gasteiger partial charge in [-0.25, -0.2) is 12.7 Å². The molecule has 0 saturated carbocycles. The second kappa shape index (κ2) is 8.26. The minimum Gasteiger partial charge on any atom is -0.377 e. The molecule has 132 valence electrons. The van der Waals surface area contributed by atoms with Crippen molar-refractivity contribution < 1.29 is 17.9 Å². The van der Waals surface area contributed by atoms with E-state index >= 15 is 0 Å². The average Bonchev–Trinajstić information content (AvgIpc) is 2.54. The van der Waals surface area contributed by atoms with E-state index in [9.17, 15) is 13.2 Å². The van der Waals surface area contributed by atoms with E-state index in [2.05, 4.69) is 6.58 Å². The summed E-state index contributed by atoms with van der Waals surface area (Å²) in [5, 5.41) is 0. The fourth-order valence-electron chi connectivity index (χ4n) is 3.33. The number of sulfonamides is 1. The Morgan fingerprint density at radius 3 is 2.30 bits per heavy atom. The van der Waals surface area contributed by atoms with Gasteiger partial charge in [0.05, 0.1) is 12.9 Å². The van der Waals surface area contributed by atoms with Gasteiger partial charge in [0.25, 0.3) is 0 Å². The Labute approximate surface area is 139 Å². The summed E-state index contributed by atoms with van der Waals surface area (Å²) in [7, 11) is -3.13. The molecule has 0 aliphatic carbocycles. The van der Waals surface area contributed by atoms with E-state index in [0.29, 0.717) is 38.5 Å². The lowest BCUT2D eigenvalue weighted by Gasteiger charge is -2.36. The predicted octanol–water partition coefficient (Wildman–Crippen LogP) is 1.10. The Bertz CT molecular complexity index is 504. The van der Waals surface area contributed by atoms with Crippen LogP contribution in [-0.4, -0.2) is 69.2 Å². The molecule has 2 aliphatic heterocycles. The van der Waals surface area contributed by atoms with Crippen molar-refractivity contribution in [3.05, 3.63) is 12.7 Å². The number of ether oxygens (including phenoxy) is 1. The zero-order chi connectivity index (χ0) is 16.9. The summed E-state index contributed by atoms with van der Waals surface area (Å²) in [6.45, 7) is 7.44. The molecule has 0 spiro atoms. The van der Waals surface area contributed by atoms with Crippen molar-refractivity contribution in [2.75, 3.05) is 45.6 Å². The maximum Gasteiger partial charge on any atom is 0.225 e. The number of rotatable bonds is 6. The molecule has 0 radical (unpaired) electrons. The van der Waals surface area contributed by atoms with Crippen LogP contribution in [0.4, 0.5) is 0 Å². The summed E-state index contributed by atoms with van der Waals surface area (Å²) < 4.78 is 30.0.